The summed E-state index contributed by atoms with van der Waals surface area (Å²) in [4.78, 5) is 18.6. The van der Waals surface area contributed by atoms with Crippen molar-refractivity contribution in [2.75, 3.05) is 33.7 Å². The van der Waals surface area contributed by atoms with Crippen molar-refractivity contribution in [1.29, 1.82) is 0 Å². The number of aliphatic imine (C=N–C) groups is 1. The Morgan fingerprint density at radius 3 is 2.94 bits per heavy atom. The topological polar surface area (TPSA) is 59.6 Å². The van der Waals surface area contributed by atoms with Crippen molar-refractivity contribution in [3.8, 4) is 11.3 Å². The molecule has 1 fully saturated rings. The molecular weight excluding hydrogens is 404 g/mol. The van der Waals surface area contributed by atoms with Crippen LogP contribution in [-0.4, -0.2) is 59.5 Å². The average molecular weight is 437 g/mol. The van der Waals surface area contributed by atoms with Crippen molar-refractivity contribution in [3.63, 3.8) is 0 Å². The van der Waals surface area contributed by atoms with E-state index in [1.165, 1.54) is 24.3 Å². The Kier molecular flexibility index (Phi) is 7.38. The molecule has 31 heavy (non-hydrogen) atoms. The Morgan fingerprint density at radius 1 is 1.29 bits per heavy atom. The summed E-state index contributed by atoms with van der Waals surface area (Å²) in [6.45, 7) is 5.05. The van der Waals surface area contributed by atoms with Gasteiger partial charge in [-0.15, -0.1) is 11.3 Å². The van der Waals surface area contributed by atoms with Crippen molar-refractivity contribution in [3.05, 3.63) is 64.7 Å². The lowest BCUT2D eigenvalue weighted by Gasteiger charge is -2.33. The number of nitrogens with zero attached hydrogens (tertiary/aromatic N) is 4. The fourth-order valence-corrected chi connectivity index (χ4v) is 4.96. The SMILES string of the molecule is CN=C(NCC1CCCN(Cc2cccs2)C1)N(C)Cc1ncc(-c2ccccc2)[nH]1. The molecule has 4 rings (SSSR count). The smallest absolute Gasteiger partial charge is 0.193 e. The zero-order valence-corrected chi connectivity index (χ0v) is 19.2. The number of likely N-dealkylation sites (tertiary alicyclic amines) is 1. The van der Waals surface area contributed by atoms with Gasteiger partial charge < -0.3 is 15.2 Å². The van der Waals surface area contributed by atoms with Gasteiger partial charge in [-0.1, -0.05) is 36.4 Å². The number of H-pyrrole nitrogens is 1. The van der Waals surface area contributed by atoms with Crippen LogP contribution < -0.4 is 5.32 Å². The number of rotatable bonds is 7. The molecule has 1 aromatic carbocycles. The van der Waals surface area contributed by atoms with E-state index in [0.717, 1.165) is 42.7 Å². The molecule has 2 N–H and O–H groups in total. The van der Waals surface area contributed by atoms with Crippen LogP contribution in [0.2, 0.25) is 0 Å². The fraction of sp³-hybridized carbons (Fsp3) is 0.417. The molecule has 0 amide bonds. The second-order valence-corrected chi connectivity index (χ2v) is 9.25. The van der Waals surface area contributed by atoms with Crippen LogP contribution in [0, 0.1) is 5.92 Å². The number of piperidine rings is 1. The van der Waals surface area contributed by atoms with Crippen molar-refractivity contribution in [1.82, 2.24) is 25.1 Å². The zero-order chi connectivity index (χ0) is 21.5. The number of nitrogens with one attached hydrogen (secondary N) is 2. The molecule has 0 bridgehead atoms. The van der Waals surface area contributed by atoms with Crippen molar-refractivity contribution in [2.45, 2.75) is 25.9 Å². The number of hydrogen-bond donors (Lipinski definition) is 2. The molecule has 2 aromatic heterocycles. The molecular formula is C24H32N6S. The molecule has 164 valence electrons. The van der Waals surface area contributed by atoms with E-state index in [9.17, 15) is 0 Å². The fourth-order valence-electron chi connectivity index (χ4n) is 4.21. The van der Waals surface area contributed by atoms with Crippen molar-refractivity contribution < 1.29 is 0 Å². The van der Waals surface area contributed by atoms with Crippen molar-refractivity contribution in [2.24, 2.45) is 10.9 Å². The standard InChI is InChI=1S/C24H32N6S/c1-25-24(27-14-19-8-6-12-30(16-19)17-21-11-7-13-31-21)29(2)18-23-26-15-22(28-23)20-9-4-3-5-10-20/h3-5,7,9-11,13,15,19H,6,8,12,14,16-18H2,1-2H3,(H,25,27)(H,26,28). The minimum Gasteiger partial charge on any atom is -0.356 e. The number of aromatic nitrogens is 2. The van der Waals surface area contributed by atoms with Crippen LogP contribution in [-0.2, 0) is 13.1 Å². The minimum absolute atomic E-state index is 0.646. The first kappa shape index (κ1) is 21.6. The second kappa shape index (κ2) is 10.6. The van der Waals surface area contributed by atoms with Gasteiger partial charge in [0, 0.05) is 38.6 Å². The first-order valence-electron chi connectivity index (χ1n) is 11.0. The van der Waals surface area contributed by atoms with Crippen LogP contribution >= 0.6 is 11.3 Å². The molecule has 1 aliphatic heterocycles. The first-order valence-corrected chi connectivity index (χ1v) is 11.8. The van der Waals surface area contributed by atoms with E-state index in [1.807, 2.05) is 42.8 Å². The lowest BCUT2D eigenvalue weighted by Crippen LogP contribution is -2.44. The van der Waals surface area contributed by atoms with Gasteiger partial charge in [0.25, 0.3) is 0 Å². The summed E-state index contributed by atoms with van der Waals surface area (Å²) in [6.07, 6.45) is 4.44. The van der Waals surface area contributed by atoms with Crippen LogP contribution in [0.25, 0.3) is 11.3 Å². The number of benzene rings is 1. The Morgan fingerprint density at radius 2 is 2.16 bits per heavy atom. The molecule has 0 spiro atoms. The monoisotopic (exact) mass is 436 g/mol. The Hall–Kier alpha value is -2.64. The van der Waals surface area contributed by atoms with E-state index < -0.39 is 0 Å². The first-order chi connectivity index (χ1) is 15.2. The van der Waals surface area contributed by atoms with E-state index in [-0.39, 0.29) is 0 Å². The number of guanidine groups is 1. The summed E-state index contributed by atoms with van der Waals surface area (Å²) >= 11 is 1.85. The van der Waals surface area contributed by atoms with Gasteiger partial charge in [0.1, 0.15) is 5.82 Å². The number of thiophene rings is 1. The third-order valence-corrected chi connectivity index (χ3v) is 6.65. The quantitative estimate of drug-likeness (QED) is 0.433. The molecule has 7 heteroatoms. The molecule has 0 aliphatic carbocycles. The lowest BCUT2D eigenvalue weighted by atomic mass is 9.98. The van der Waals surface area contributed by atoms with Crippen LogP contribution in [0.1, 0.15) is 23.5 Å². The Bertz CT molecular complexity index is 950. The average Bonchev–Trinajstić information content (AvgIpc) is 3.47. The molecule has 1 saturated heterocycles. The lowest BCUT2D eigenvalue weighted by molar-refractivity contribution is 0.169. The Labute approximate surface area is 189 Å². The van der Waals surface area contributed by atoms with Gasteiger partial charge in [-0.2, -0.15) is 0 Å². The molecule has 0 radical (unpaired) electrons. The maximum absolute atomic E-state index is 4.56. The minimum atomic E-state index is 0.646. The van der Waals surface area contributed by atoms with Crippen LogP contribution in [0.5, 0.6) is 0 Å². The normalized spacial score (nSPS) is 17.6. The molecule has 1 unspecified atom stereocenters. The highest BCUT2D eigenvalue weighted by Gasteiger charge is 2.21. The van der Waals surface area contributed by atoms with Gasteiger partial charge in [0.2, 0.25) is 0 Å². The van der Waals surface area contributed by atoms with E-state index in [1.54, 1.807) is 0 Å². The molecule has 1 aliphatic rings. The predicted octanol–water partition coefficient (Wildman–Crippen LogP) is 4.06. The number of hydrogen-bond acceptors (Lipinski definition) is 4. The summed E-state index contributed by atoms with van der Waals surface area (Å²) < 4.78 is 0. The van der Waals surface area contributed by atoms with Gasteiger partial charge >= 0.3 is 0 Å². The molecule has 3 aromatic rings. The van der Waals surface area contributed by atoms with E-state index in [0.29, 0.717) is 12.5 Å². The van der Waals surface area contributed by atoms with Gasteiger partial charge in [0.05, 0.1) is 18.4 Å². The molecule has 6 nitrogen and oxygen atoms in total. The zero-order valence-electron chi connectivity index (χ0n) is 18.4. The number of aromatic amines is 1. The van der Waals surface area contributed by atoms with Gasteiger partial charge in [0.15, 0.2) is 5.96 Å². The highest BCUT2D eigenvalue weighted by atomic mass is 32.1. The molecule has 1 atom stereocenters. The highest BCUT2D eigenvalue weighted by molar-refractivity contribution is 7.09. The van der Waals surface area contributed by atoms with Gasteiger partial charge in [-0.3, -0.25) is 9.89 Å². The predicted molar refractivity (Wildman–Crippen MR) is 129 cm³/mol. The van der Waals surface area contributed by atoms with Gasteiger partial charge in [-0.25, -0.2) is 4.98 Å². The summed E-state index contributed by atoms with van der Waals surface area (Å²) in [5, 5.41) is 5.75. The van der Waals surface area contributed by atoms with Crippen LogP contribution in [0.15, 0.2) is 59.0 Å². The van der Waals surface area contributed by atoms with Crippen LogP contribution in [0.4, 0.5) is 0 Å². The maximum Gasteiger partial charge on any atom is 0.193 e. The van der Waals surface area contributed by atoms with E-state index in [2.05, 4.69) is 66.8 Å². The summed E-state index contributed by atoms with van der Waals surface area (Å²) in [5.74, 6) is 2.49. The number of imidazole rings is 1. The molecule has 3 heterocycles. The Balaban J connectivity index is 1.27. The maximum atomic E-state index is 4.56. The summed E-state index contributed by atoms with van der Waals surface area (Å²) in [6, 6.07) is 14.7. The van der Waals surface area contributed by atoms with E-state index in [4.69, 9.17) is 0 Å². The third kappa shape index (κ3) is 5.95. The largest absolute Gasteiger partial charge is 0.356 e. The summed E-state index contributed by atoms with van der Waals surface area (Å²) in [5.41, 5.74) is 2.19. The van der Waals surface area contributed by atoms with Crippen LogP contribution in [0.3, 0.4) is 0 Å². The summed E-state index contributed by atoms with van der Waals surface area (Å²) in [7, 11) is 3.91. The van der Waals surface area contributed by atoms with E-state index >= 15 is 0 Å². The highest BCUT2D eigenvalue weighted by Crippen LogP contribution is 2.20. The second-order valence-electron chi connectivity index (χ2n) is 8.22. The van der Waals surface area contributed by atoms with Gasteiger partial charge in [-0.05, 0) is 42.3 Å². The third-order valence-electron chi connectivity index (χ3n) is 5.79. The van der Waals surface area contributed by atoms with Crippen molar-refractivity contribution >= 4 is 17.3 Å². The molecule has 0 saturated carbocycles.